The lowest BCUT2D eigenvalue weighted by Gasteiger charge is -2.24. The van der Waals surface area contributed by atoms with E-state index in [9.17, 15) is 5.11 Å². The lowest BCUT2D eigenvalue weighted by Crippen LogP contribution is -2.30. The molecule has 5 nitrogen and oxygen atoms in total. The predicted molar refractivity (Wildman–Crippen MR) is 127 cm³/mol. The molecule has 0 fully saturated rings. The molecular weight excluding hydrogens is 398 g/mol. The minimum absolute atomic E-state index is 0.443. The number of benzene rings is 3. The van der Waals surface area contributed by atoms with Crippen LogP contribution in [0.15, 0.2) is 91.0 Å². The smallest absolute Gasteiger partial charge is 0.227 e. The van der Waals surface area contributed by atoms with Gasteiger partial charge in [0.05, 0.1) is 23.0 Å². The number of aliphatic hydroxyl groups is 1. The van der Waals surface area contributed by atoms with Crippen molar-refractivity contribution in [3.8, 4) is 17.3 Å². The molecule has 0 aliphatic rings. The Labute approximate surface area is 189 Å². The van der Waals surface area contributed by atoms with Crippen LogP contribution in [-0.2, 0) is 13.1 Å². The van der Waals surface area contributed by atoms with Gasteiger partial charge < -0.3 is 9.84 Å². The average molecular weight is 428 g/mol. The molecule has 5 heteroatoms. The van der Waals surface area contributed by atoms with Crippen LogP contribution < -0.4 is 4.74 Å². The first-order valence-electron chi connectivity index (χ1n) is 10.9. The molecule has 3 aromatic carbocycles. The second-order valence-corrected chi connectivity index (χ2v) is 8.04. The summed E-state index contributed by atoms with van der Waals surface area (Å²) in [6.45, 7) is 5.72. The summed E-state index contributed by atoms with van der Waals surface area (Å²) < 4.78 is 8.25. The maximum Gasteiger partial charge on any atom is 0.227 e. The lowest BCUT2D eigenvalue weighted by atomic mass is 10.1. The largest absolute Gasteiger partial charge is 0.439 e. The maximum absolute atomic E-state index is 10.1. The zero-order valence-electron chi connectivity index (χ0n) is 18.6. The summed E-state index contributed by atoms with van der Waals surface area (Å²) in [6, 6.07) is 30.1. The van der Waals surface area contributed by atoms with Gasteiger partial charge in [-0.2, -0.15) is 5.10 Å². The Kier molecular flexibility index (Phi) is 7.00. The Bertz CT molecular complexity index is 1110. The van der Waals surface area contributed by atoms with Gasteiger partial charge in [0.2, 0.25) is 5.88 Å². The first-order chi connectivity index (χ1) is 15.6. The van der Waals surface area contributed by atoms with Crippen LogP contribution in [0.1, 0.15) is 23.7 Å². The van der Waals surface area contributed by atoms with Crippen molar-refractivity contribution < 1.29 is 9.84 Å². The second kappa shape index (κ2) is 10.3. The van der Waals surface area contributed by atoms with Gasteiger partial charge in [-0.15, -0.1) is 0 Å². The molecule has 1 unspecified atom stereocenters. The number of para-hydroxylation sites is 2. The van der Waals surface area contributed by atoms with Crippen LogP contribution in [0.3, 0.4) is 0 Å². The van der Waals surface area contributed by atoms with Gasteiger partial charge in [-0.25, -0.2) is 4.68 Å². The molecule has 0 bridgehead atoms. The van der Waals surface area contributed by atoms with Crippen LogP contribution in [0, 0.1) is 6.92 Å². The molecule has 0 saturated carbocycles. The topological polar surface area (TPSA) is 50.5 Å². The van der Waals surface area contributed by atoms with Gasteiger partial charge in [-0.3, -0.25) is 4.90 Å². The van der Waals surface area contributed by atoms with Crippen LogP contribution in [0.4, 0.5) is 0 Å². The molecule has 164 valence electrons. The fourth-order valence-electron chi connectivity index (χ4n) is 3.79. The van der Waals surface area contributed by atoms with E-state index in [4.69, 9.17) is 9.84 Å². The van der Waals surface area contributed by atoms with Crippen LogP contribution in [0.5, 0.6) is 11.6 Å². The highest BCUT2D eigenvalue weighted by molar-refractivity contribution is 5.43. The zero-order chi connectivity index (χ0) is 22.3. The molecule has 32 heavy (non-hydrogen) atoms. The average Bonchev–Trinajstić information content (AvgIpc) is 3.10. The van der Waals surface area contributed by atoms with Crippen molar-refractivity contribution in [3.63, 3.8) is 0 Å². The molecule has 1 heterocycles. The highest BCUT2D eigenvalue weighted by Gasteiger charge is 2.22. The van der Waals surface area contributed by atoms with Gasteiger partial charge in [-0.05, 0) is 43.7 Å². The Morgan fingerprint density at radius 2 is 1.47 bits per heavy atom. The first-order valence-corrected chi connectivity index (χ1v) is 10.9. The summed E-state index contributed by atoms with van der Waals surface area (Å²) in [5, 5.41) is 15.0. The van der Waals surface area contributed by atoms with E-state index >= 15 is 0 Å². The number of ether oxygens (including phenoxy) is 1. The molecule has 0 aliphatic heterocycles. The van der Waals surface area contributed by atoms with Crippen molar-refractivity contribution in [2.45, 2.75) is 33.0 Å². The van der Waals surface area contributed by atoms with Crippen LogP contribution >= 0.6 is 0 Å². The number of rotatable bonds is 9. The minimum atomic E-state index is -0.443. The number of aryl methyl sites for hydroxylation is 1. The van der Waals surface area contributed by atoms with Gasteiger partial charge in [-0.1, -0.05) is 66.7 Å². The van der Waals surface area contributed by atoms with Crippen molar-refractivity contribution in [3.05, 3.63) is 108 Å². The number of aromatic nitrogens is 2. The second-order valence-electron chi connectivity index (χ2n) is 8.04. The first kappa shape index (κ1) is 21.8. The summed E-state index contributed by atoms with van der Waals surface area (Å²) >= 11 is 0. The molecule has 1 aromatic heterocycles. The van der Waals surface area contributed by atoms with Gasteiger partial charge >= 0.3 is 0 Å². The summed E-state index contributed by atoms with van der Waals surface area (Å²) in [4.78, 5) is 2.23. The van der Waals surface area contributed by atoms with E-state index in [1.54, 1.807) is 0 Å². The van der Waals surface area contributed by atoms with Crippen molar-refractivity contribution in [2.75, 3.05) is 6.54 Å². The maximum atomic E-state index is 10.1. The van der Waals surface area contributed by atoms with Crippen molar-refractivity contribution in [1.29, 1.82) is 0 Å². The zero-order valence-corrected chi connectivity index (χ0v) is 18.6. The highest BCUT2D eigenvalue weighted by Crippen LogP contribution is 2.32. The van der Waals surface area contributed by atoms with E-state index in [0.29, 0.717) is 19.0 Å². The lowest BCUT2D eigenvalue weighted by molar-refractivity contribution is 0.117. The molecule has 0 saturated heterocycles. The number of nitrogens with zero attached hydrogens (tertiary/aromatic N) is 3. The molecule has 0 amide bonds. The summed E-state index contributed by atoms with van der Waals surface area (Å²) in [5.74, 6) is 1.46. The van der Waals surface area contributed by atoms with E-state index in [2.05, 4.69) is 17.0 Å². The van der Waals surface area contributed by atoms with Crippen molar-refractivity contribution in [2.24, 2.45) is 0 Å². The van der Waals surface area contributed by atoms with Crippen LogP contribution in [-0.4, -0.2) is 32.4 Å². The van der Waals surface area contributed by atoms with Crippen LogP contribution in [0.25, 0.3) is 5.69 Å². The molecule has 0 radical (unpaired) electrons. The fraction of sp³-hybridized carbons (Fsp3) is 0.222. The van der Waals surface area contributed by atoms with Crippen molar-refractivity contribution >= 4 is 0 Å². The van der Waals surface area contributed by atoms with E-state index in [0.717, 1.165) is 29.2 Å². The molecule has 4 rings (SSSR count). The molecular formula is C27H29N3O2. The summed E-state index contributed by atoms with van der Waals surface area (Å²) in [5.41, 5.74) is 4.06. The van der Waals surface area contributed by atoms with Crippen LogP contribution in [0.2, 0.25) is 0 Å². The van der Waals surface area contributed by atoms with E-state index < -0.39 is 6.10 Å². The monoisotopic (exact) mass is 427 g/mol. The fourth-order valence-corrected chi connectivity index (χ4v) is 3.79. The Hall–Kier alpha value is -3.41. The normalized spacial score (nSPS) is 12.1. The third-order valence-electron chi connectivity index (χ3n) is 5.25. The summed E-state index contributed by atoms with van der Waals surface area (Å²) in [7, 11) is 0. The minimum Gasteiger partial charge on any atom is -0.439 e. The SMILES string of the molecule is Cc1nn(-c2ccccc2)c(Oc2ccccc2)c1CN(Cc1ccccc1)CC(C)O. The third-order valence-corrected chi connectivity index (χ3v) is 5.25. The number of aliphatic hydroxyl groups excluding tert-OH is 1. The van der Waals surface area contributed by atoms with E-state index in [-0.39, 0.29) is 0 Å². The molecule has 4 aromatic rings. The third kappa shape index (κ3) is 5.44. The van der Waals surface area contributed by atoms with Gasteiger partial charge in [0.25, 0.3) is 0 Å². The Morgan fingerprint density at radius 1 is 0.875 bits per heavy atom. The molecule has 0 spiro atoms. The van der Waals surface area contributed by atoms with E-state index in [1.165, 1.54) is 5.56 Å². The summed E-state index contributed by atoms with van der Waals surface area (Å²) in [6.07, 6.45) is -0.443. The quantitative estimate of drug-likeness (QED) is 0.391. The molecule has 1 atom stereocenters. The highest BCUT2D eigenvalue weighted by atomic mass is 16.5. The number of hydrogen-bond acceptors (Lipinski definition) is 4. The van der Waals surface area contributed by atoms with Gasteiger partial charge in [0.1, 0.15) is 5.75 Å². The van der Waals surface area contributed by atoms with E-state index in [1.807, 2.05) is 97.4 Å². The van der Waals surface area contributed by atoms with Gasteiger partial charge in [0.15, 0.2) is 0 Å². The van der Waals surface area contributed by atoms with Gasteiger partial charge in [0, 0.05) is 19.6 Å². The Morgan fingerprint density at radius 3 is 2.09 bits per heavy atom. The standard InChI is InChI=1S/C27H29N3O2/c1-21(31)18-29(19-23-12-6-3-7-13-23)20-26-22(2)28-30(24-14-8-4-9-15-24)27(26)32-25-16-10-5-11-17-25/h3-17,21,31H,18-20H2,1-2H3. The Balaban J connectivity index is 1.71. The molecule has 1 N–H and O–H groups in total. The molecule has 0 aliphatic carbocycles. The van der Waals surface area contributed by atoms with Crippen molar-refractivity contribution in [1.82, 2.24) is 14.7 Å². The number of hydrogen-bond donors (Lipinski definition) is 1. The predicted octanol–water partition coefficient (Wildman–Crippen LogP) is 5.36.